The third kappa shape index (κ3) is 1.87. The van der Waals surface area contributed by atoms with Gasteiger partial charge in [0.25, 0.3) is 0 Å². The van der Waals surface area contributed by atoms with Gasteiger partial charge in [-0.05, 0) is 22.3 Å². The van der Waals surface area contributed by atoms with Gasteiger partial charge in [-0.3, -0.25) is 0 Å². The van der Waals surface area contributed by atoms with E-state index in [1.165, 1.54) is 33.4 Å². The molecule has 0 bridgehead atoms. The highest BCUT2D eigenvalue weighted by molar-refractivity contribution is 5.93. The van der Waals surface area contributed by atoms with E-state index >= 15 is 0 Å². The molecular weight excluding hydrogens is 244 g/mol. The molecule has 2 aromatic rings. The highest BCUT2D eigenvalue weighted by Gasteiger charge is 2.20. The molecule has 1 heteroatoms. The van der Waals surface area contributed by atoms with Crippen LogP contribution in [0.2, 0.25) is 0 Å². The van der Waals surface area contributed by atoms with Gasteiger partial charge >= 0.3 is 0 Å². The Morgan fingerprint density at radius 3 is 2.85 bits per heavy atom. The average molecular weight is 259 g/mol. The van der Waals surface area contributed by atoms with E-state index in [2.05, 4.69) is 66.8 Å². The molecule has 2 aliphatic rings. The summed E-state index contributed by atoms with van der Waals surface area (Å²) in [5, 5.41) is 0. The van der Waals surface area contributed by atoms with E-state index in [4.69, 9.17) is 4.74 Å². The molecule has 0 spiro atoms. The number of ether oxygens (including phenoxy) is 1. The summed E-state index contributed by atoms with van der Waals surface area (Å²) >= 11 is 0. The van der Waals surface area contributed by atoms with Gasteiger partial charge in [-0.25, -0.2) is 0 Å². The molecule has 4 rings (SSSR count). The van der Waals surface area contributed by atoms with Crippen LogP contribution < -0.4 is 0 Å². The molecule has 1 nitrogen and oxygen atoms in total. The second kappa shape index (κ2) is 4.69. The van der Waals surface area contributed by atoms with Crippen LogP contribution in [0.5, 0.6) is 0 Å². The van der Waals surface area contributed by atoms with Crippen LogP contribution in [0, 0.1) is 0 Å². The maximum Gasteiger partial charge on any atom is 0.0722 e. The van der Waals surface area contributed by atoms with Crippen molar-refractivity contribution in [1.29, 1.82) is 0 Å². The van der Waals surface area contributed by atoms with Crippen LogP contribution in [0.15, 0.2) is 65.8 Å². The van der Waals surface area contributed by atoms with Crippen LogP contribution in [0.1, 0.15) is 16.7 Å². The van der Waals surface area contributed by atoms with E-state index < -0.39 is 0 Å². The molecule has 0 unspecified atom stereocenters. The lowest BCUT2D eigenvalue weighted by Crippen LogP contribution is -1.91. The minimum absolute atomic E-state index is 0.708. The lowest BCUT2D eigenvalue weighted by Gasteiger charge is -2.08. The summed E-state index contributed by atoms with van der Waals surface area (Å²) in [5.41, 5.74) is 7.81. The highest BCUT2D eigenvalue weighted by atomic mass is 16.5. The molecule has 1 aliphatic carbocycles. The van der Waals surface area contributed by atoms with Crippen LogP contribution in [0.25, 0.3) is 17.7 Å². The zero-order valence-corrected chi connectivity index (χ0v) is 11.2. The molecule has 1 aliphatic heterocycles. The molecule has 0 aromatic heterocycles. The second-order valence-corrected chi connectivity index (χ2v) is 5.19. The first-order valence-corrected chi connectivity index (χ1v) is 6.93. The highest BCUT2D eigenvalue weighted by Crippen LogP contribution is 2.36. The van der Waals surface area contributed by atoms with Gasteiger partial charge in [0.05, 0.1) is 13.2 Å². The van der Waals surface area contributed by atoms with Crippen molar-refractivity contribution in [1.82, 2.24) is 0 Å². The summed E-state index contributed by atoms with van der Waals surface area (Å²) in [6.07, 6.45) is 6.65. The summed E-state index contributed by atoms with van der Waals surface area (Å²) in [5.74, 6) is 0. The Morgan fingerprint density at radius 2 is 1.95 bits per heavy atom. The van der Waals surface area contributed by atoms with Gasteiger partial charge in [0.1, 0.15) is 0 Å². The predicted molar refractivity (Wildman–Crippen MR) is 83.2 cm³/mol. The average Bonchev–Trinajstić information content (AvgIpc) is 3.19. The molecular formula is C19H15O-. The fourth-order valence-electron chi connectivity index (χ4n) is 2.92. The summed E-state index contributed by atoms with van der Waals surface area (Å²) < 4.78 is 5.69. The zero-order valence-electron chi connectivity index (χ0n) is 11.2. The minimum Gasteiger partial charge on any atom is -0.373 e. The van der Waals surface area contributed by atoms with Crippen LogP contribution in [0.3, 0.4) is 0 Å². The zero-order chi connectivity index (χ0) is 13.4. The van der Waals surface area contributed by atoms with E-state index in [-0.39, 0.29) is 0 Å². The fraction of sp³-hybridized carbons (Fsp3) is 0.105. The topological polar surface area (TPSA) is 9.23 Å². The molecule has 0 N–H and O–H groups in total. The molecule has 20 heavy (non-hydrogen) atoms. The fourth-order valence-corrected chi connectivity index (χ4v) is 2.92. The standard InChI is InChI=1S/C19H15O/c1-2-6-14(5-1)11-16-12-20-13-19(16)18-10-9-15-7-3-4-8-17(15)18/h1-11H,12-13H2/q-1/b16-11+,19-18+. The van der Waals surface area contributed by atoms with E-state index in [1.54, 1.807) is 0 Å². The van der Waals surface area contributed by atoms with Crippen molar-refractivity contribution in [3.63, 3.8) is 0 Å². The van der Waals surface area contributed by atoms with Crippen molar-refractivity contribution >= 4 is 17.7 Å². The third-order valence-corrected chi connectivity index (χ3v) is 3.93. The number of allylic oxidation sites excluding steroid dienone is 2. The van der Waals surface area contributed by atoms with Crippen LogP contribution >= 0.6 is 0 Å². The molecule has 0 amide bonds. The van der Waals surface area contributed by atoms with E-state index in [0.29, 0.717) is 13.2 Å². The van der Waals surface area contributed by atoms with Crippen molar-refractivity contribution in [2.75, 3.05) is 13.2 Å². The van der Waals surface area contributed by atoms with Crippen molar-refractivity contribution in [3.05, 3.63) is 82.4 Å². The van der Waals surface area contributed by atoms with Crippen molar-refractivity contribution < 1.29 is 4.74 Å². The van der Waals surface area contributed by atoms with Gasteiger partial charge in [-0.15, -0.1) is 12.1 Å². The molecule has 1 saturated heterocycles. The Morgan fingerprint density at radius 1 is 1.00 bits per heavy atom. The first-order chi connectivity index (χ1) is 9.92. The quantitative estimate of drug-likeness (QED) is 0.694. The maximum absolute atomic E-state index is 5.69. The van der Waals surface area contributed by atoms with Gasteiger partial charge in [-0.2, -0.15) is 23.8 Å². The smallest absolute Gasteiger partial charge is 0.0722 e. The molecule has 0 radical (unpaired) electrons. The molecule has 1 heterocycles. The van der Waals surface area contributed by atoms with Crippen LogP contribution in [-0.4, -0.2) is 13.2 Å². The Labute approximate surface area is 118 Å². The molecule has 0 saturated carbocycles. The first kappa shape index (κ1) is 11.6. The van der Waals surface area contributed by atoms with Crippen molar-refractivity contribution in [2.45, 2.75) is 0 Å². The Hall–Kier alpha value is -2.25. The first-order valence-electron chi connectivity index (χ1n) is 6.93. The number of rotatable bonds is 1. The Balaban J connectivity index is 1.82. The Bertz CT molecular complexity index is 727. The van der Waals surface area contributed by atoms with Gasteiger partial charge in [0.2, 0.25) is 0 Å². The monoisotopic (exact) mass is 259 g/mol. The maximum atomic E-state index is 5.69. The van der Waals surface area contributed by atoms with E-state index in [0.717, 1.165) is 0 Å². The molecule has 2 aromatic carbocycles. The number of fused-ring (bicyclic) bond motifs is 1. The molecule has 98 valence electrons. The van der Waals surface area contributed by atoms with Crippen molar-refractivity contribution in [2.24, 2.45) is 0 Å². The van der Waals surface area contributed by atoms with E-state index in [1.807, 2.05) is 0 Å². The SMILES string of the molecule is C1=Cc2ccccc2/C1=C1\COC\C1=C/c1ccc[cH-]1. The molecule has 0 atom stereocenters. The van der Waals surface area contributed by atoms with Crippen LogP contribution in [-0.2, 0) is 4.74 Å². The second-order valence-electron chi connectivity index (χ2n) is 5.19. The summed E-state index contributed by atoms with van der Waals surface area (Å²) in [6.45, 7) is 1.42. The van der Waals surface area contributed by atoms with Crippen LogP contribution in [0.4, 0.5) is 0 Å². The van der Waals surface area contributed by atoms with Gasteiger partial charge in [0, 0.05) is 0 Å². The molecule has 1 fully saturated rings. The number of benzene rings is 1. The predicted octanol–water partition coefficient (Wildman–Crippen LogP) is 4.30. The lowest BCUT2D eigenvalue weighted by atomic mass is 9.97. The normalized spacial score (nSPS) is 22.7. The summed E-state index contributed by atoms with van der Waals surface area (Å²) in [6, 6.07) is 16.9. The number of hydrogen-bond acceptors (Lipinski definition) is 1. The summed E-state index contributed by atoms with van der Waals surface area (Å²) in [4.78, 5) is 0. The lowest BCUT2D eigenvalue weighted by molar-refractivity contribution is 0.215. The van der Waals surface area contributed by atoms with Gasteiger partial charge in [-0.1, -0.05) is 42.0 Å². The van der Waals surface area contributed by atoms with Crippen molar-refractivity contribution in [3.8, 4) is 0 Å². The number of hydrogen-bond donors (Lipinski definition) is 0. The Kier molecular flexibility index (Phi) is 2.71. The summed E-state index contributed by atoms with van der Waals surface area (Å²) in [7, 11) is 0. The van der Waals surface area contributed by atoms with E-state index in [9.17, 15) is 0 Å². The third-order valence-electron chi connectivity index (χ3n) is 3.93. The van der Waals surface area contributed by atoms with Gasteiger partial charge in [0.15, 0.2) is 0 Å². The minimum atomic E-state index is 0.708. The van der Waals surface area contributed by atoms with Gasteiger partial charge < -0.3 is 4.74 Å². The largest absolute Gasteiger partial charge is 0.373 e.